The zero-order chi connectivity index (χ0) is 20.6. The third-order valence-corrected chi connectivity index (χ3v) is 4.70. The first-order chi connectivity index (χ1) is 14.2. The molecular weight excluding hydrogens is 370 g/mol. The second kappa shape index (κ2) is 10.2. The average molecular weight is 399 g/mol. The summed E-state index contributed by atoms with van der Waals surface area (Å²) in [5.74, 6) is 1.35. The maximum Gasteiger partial charge on any atom is 0.251 e. The van der Waals surface area contributed by atoms with Crippen LogP contribution in [-0.4, -0.2) is 38.4 Å². The van der Waals surface area contributed by atoms with Gasteiger partial charge in [-0.25, -0.2) is 0 Å². The lowest BCUT2D eigenvalue weighted by molar-refractivity contribution is 0.0285. The van der Waals surface area contributed by atoms with Gasteiger partial charge in [0.25, 0.3) is 5.91 Å². The van der Waals surface area contributed by atoms with Crippen molar-refractivity contribution in [1.82, 2.24) is 5.32 Å². The van der Waals surface area contributed by atoms with E-state index in [2.05, 4.69) is 17.4 Å². The minimum atomic E-state index is -0.197. The number of fused-ring (bicyclic) bond motifs is 1. The van der Waals surface area contributed by atoms with Gasteiger partial charge in [0.1, 0.15) is 0 Å². The Morgan fingerprint density at radius 3 is 2.24 bits per heavy atom. The number of hydrogen-bond acceptors (Lipinski definition) is 5. The fraction of sp³-hybridized carbons (Fsp3) is 0.435. The van der Waals surface area contributed by atoms with E-state index in [9.17, 15) is 4.79 Å². The first-order valence-corrected chi connectivity index (χ1v) is 10.2. The summed E-state index contributed by atoms with van der Waals surface area (Å²) in [6, 6.07) is 11.6. The number of rotatable bonds is 9. The lowest BCUT2D eigenvalue weighted by Gasteiger charge is -2.25. The van der Waals surface area contributed by atoms with E-state index in [4.69, 9.17) is 18.9 Å². The number of ether oxygens (including phenoxy) is 4. The van der Waals surface area contributed by atoms with Crippen molar-refractivity contribution in [2.75, 3.05) is 26.4 Å². The van der Waals surface area contributed by atoms with Gasteiger partial charge in [-0.1, -0.05) is 24.3 Å². The van der Waals surface area contributed by atoms with Gasteiger partial charge in [0.05, 0.1) is 32.5 Å². The van der Waals surface area contributed by atoms with Crippen molar-refractivity contribution in [3.8, 4) is 17.2 Å². The Bertz CT molecular complexity index is 809. The molecule has 6 heteroatoms. The van der Waals surface area contributed by atoms with Crippen LogP contribution in [0.2, 0.25) is 0 Å². The van der Waals surface area contributed by atoms with Crippen molar-refractivity contribution in [3.63, 3.8) is 0 Å². The van der Waals surface area contributed by atoms with Crippen LogP contribution in [0.15, 0.2) is 36.4 Å². The van der Waals surface area contributed by atoms with E-state index in [1.54, 1.807) is 12.1 Å². The van der Waals surface area contributed by atoms with Gasteiger partial charge in [0.15, 0.2) is 11.5 Å². The molecule has 1 amide bonds. The molecule has 0 saturated carbocycles. The highest BCUT2D eigenvalue weighted by Gasteiger charge is 2.21. The number of amides is 1. The monoisotopic (exact) mass is 399 g/mol. The summed E-state index contributed by atoms with van der Waals surface area (Å²) in [5.41, 5.74) is 2.96. The standard InChI is InChI=1S/C23H29NO5/c1-4-26-20-12-18(13-21(27-5-2)22(20)28-6-3)23(25)24-14-19-11-16-9-7-8-10-17(16)15-29-19/h7-10,12-13,19H,4-6,11,14-15H2,1-3H3,(H,24,25). The van der Waals surface area contributed by atoms with Gasteiger partial charge in [-0.2, -0.15) is 0 Å². The normalized spacial score (nSPS) is 15.3. The second-order valence-corrected chi connectivity index (χ2v) is 6.72. The smallest absolute Gasteiger partial charge is 0.251 e. The molecular formula is C23H29NO5. The summed E-state index contributed by atoms with van der Waals surface area (Å²) in [7, 11) is 0. The zero-order valence-electron chi connectivity index (χ0n) is 17.3. The van der Waals surface area contributed by atoms with Crippen LogP contribution in [0, 0.1) is 0 Å². The summed E-state index contributed by atoms with van der Waals surface area (Å²) < 4.78 is 23.0. The highest BCUT2D eigenvalue weighted by atomic mass is 16.5. The molecule has 0 fully saturated rings. The maximum absolute atomic E-state index is 12.8. The van der Waals surface area contributed by atoms with Crippen LogP contribution in [0.3, 0.4) is 0 Å². The second-order valence-electron chi connectivity index (χ2n) is 6.72. The molecule has 29 heavy (non-hydrogen) atoms. The molecule has 6 nitrogen and oxygen atoms in total. The molecule has 156 valence electrons. The van der Waals surface area contributed by atoms with Gasteiger partial charge < -0.3 is 24.3 Å². The Hall–Kier alpha value is -2.73. The molecule has 1 N–H and O–H groups in total. The lowest BCUT2D eigenvalue weighted by Crippen LogP contribution is -2.36. The number of carbonyl (C=O) groups is 1. The molecule has 3 rings (SSSR count). The molecule has 1 aliphatic rings. The van der Waals surface area contributed by atoms with Gasteiger partial charge in [-0.15, -0.1) is 0 Å². The van der Waals surface area contributed by atoms with Gasteiger partial charge in [0, 0.05) is 18.5 Å². The molecule has 0 spiro atoms. The summed E-state index contributed by atoms with van der Waals surface area (Å²) >= 11 is 0. The SMILES string of the molecule is CCOc1cc(C(=O)NCC2Cc3ccccc3CO2)cc(OCC)c1OCC. The van der Waals surface area contributed by atoms with Crippen LogP contribution in [0.1, 0.15) is 42.3 Å². The van der Waals surface area contributed by atoms with Gasteiger partial charge in [0.2, 0.25) is 5.75 Å². The zero-order valence-corrected chi connectivity index (χ0v) is 17.3. The van der Waals surface area contributed by atoms with Crippen LogP contribution in [-0.2, 0) is 17.8 Å². The van der Waals surface area contributed by atoms with Crippen molar-refractivity contribution in [2.24, 2.45) is 0 Å². The topological polar surface area (TPSA) is 66.0 Å². The van der Waals surface area contributed by atoms with Crippen molar-refractivity contribution in [3.05, 3.63) is 53.1 Å². The minimum Gasteiger partial charge on any atom is -0.490 e. The molecule has 0 aromatic heterocycles. The lowest BCUT2D eigenvalue weighted by atomic mass is 9.99. The molecule has 0 saturated heterocycles. The van der Waals surface area contributed by atoms with Gasteiger partial charge >= 0.3 is 0 Å². The summed E-state index contributed by atoms with van der Waals surface area (Å²) in [6.07, 6.45) is 0.739. The van der Waals surface area contributed by atoms with E-state index in [0.29, 0.717) is 55.8 Å². The largest absolute Gasteiger partial charge is 0.490 e. The Morgan fingerprint density at radius 2 is 1.62 bits per heavy atom. The molecule has 0 bridgehead atoms. The third-order valence-electron chi connectivity index (χ3n) is 4.70. The van der Waals surface area contributed by atoms with E-state index in [-0.39, 0.29) is 12.0 Å². The van der Waals surface area contributed by atoms with Crippen LogP contribution in [0.5, 0.6) is 17.2 Å². The Labute approximate surface area is 172 Å². The molecule has 0 aliphatic carbocycles. The number of carbonyl (C=O) groups excluding carboxylic acids is 1. The number of benzene rings is 2. The molecule has 2 aromatic carbocycles. The van der Waals surface area contributed by atoms with E-state index >= 15 is 0 Å². The van der Waals surface area contributed by atoms with E-state index in [1.807, 2.05) is 32.9 Å². The van der Waals surface area contributed by atoms with Crippen molar-refractivity contribution in [1.29, 1.82) is 0 Å². The Kier molecular flexibility index (Phi) is 7.36. The molecule has 0 radical (unpaired) electrons. The molecule has 2 aromatic rings. The van der Waals surface area contributed by atoms with Crippen LogP contribution in [0.25, 0.3) is 0 Å². The highest BCUT2D eigenvalue weighted by molar-refractivity contribution is 5.95. The quantitative estimate of drug-likeness (QED) is 0.696. The van der Waals surface area contributed by atoms with Crippen molar-refractivity contribution >= 4 is 5.91 Å². The van der Waals surface area contributed by atoms with Crippen LogP contribution < -0.4 is 19.5 Å². The summed E-state index contributed by atoms with van der Waals surface area (Å²) in [6.45, 7) is 8.10. The molecule has 1 aliphatic heterocycles. The van der Waals surface area contributed by atoms with Crippen molar-refractivity contribution < 1.29 is 23.7 Å². The predicted octanol–water partition coefficient (Wildman–Crippen LogP) is 3.75. The summed E-state index contributed by atoms with van der Waals surface area (Å²) in [4.78, 5) is 12.8. The maximum atomic E-state index is 12.8. The van der Waals surface area contributed by atoms with E-state index in [1.165, 1.54) is 11.1 Å². The molecule has 1 atom stereocenters. The van der Waals surface area contributed by atoms with E-state index in [0.717, 1.165) is 6.42 Å². The van der Waals surface area contributed by atoms with Crippen LogP contribution >= 0.6 is 0 Å². The van der Waals surface area contributed by atoms with Crippen LogP contribution in [0.4, 0.5) is 0 Å². The van der Waals surface area contributed by atoms with Gasteiger partial charge in [-0.3, -0.25) is 4.79 Å². The number of hydrogen-bond donors (Lipinski definition) is 1. The first-order valence-electron chi connectivity index (χ1n) is 10.2. The predicted molar refractivity (Wildman–Crippen MR) is 111 cm³/mol. The fourth-order valence-corrected chi connectivity index (χ4v) is 3.37. The van der Waals surface area contributed by atoms with E-state index < -0.39 is 0 Å². The Balaban J connectivity index is 1.71. The highest BCUT2D eigenvalue weighted by Crippen LogP contribution is 2.39. The summed E-state index contributed by atoms with van der Waals surface area (Å²) in [5, 5.41) is 2.97. The average Bonchev–Trinajstić information content (AvgIpc) is 2.74. The number of nitrogens with one attached hydrogen (secondary N) is 1. The minimum absolute atomic E-state index is 0.0470. The molecule has 1 unspecified atom stereocenters. The third kappa shape index (κ3) is 5.21. The Morgan fingerprint density at radius 1 is 1.00 bits per heavy atom. The fourth-order valence-electron chi connectivity index (χ4n) is 3.37. The molecule has 1 heterocycles. The van der Waals surface area contributed by atoms with Crippen molar-refractivity contribution in [2.45, 2.75) is 39.9 Å². The first kappa shape index (κ1) is 21.0. The van der Waals surface area contributed by atoms with Gasteiger partial charge in [-0.05, 0) is 44.0 Å².